The highest BCUT2D eigenvalue weighted by atomic mass is 28.3. The Balaban J connectivity index is 2.72. The summed E-state index contributed by atoms with van der Waals surface area (Å²) in [5.41, 5.74) is 1.65. The van der Waals surface area contributed by atoms with Gasteiger partial charge in [0.05, 0.1) is 0 Å². The molecule has 0 heterocycles. The Labute approximate surface area is 75.9 Å². The molecule has 0 saturated carbocycles. The number of carbonyl (C=O) groups excluding carboxylic acids is 1. The lowest BCUT2D eigenvalue weighted by Gasteiger charge is -2.30. The summed E-state index contributed by atoms with van der Waals surface area (Å²) in [5.74, 6) is 0.369. The van der Waals surface area contributed by atoms with Crippen molar-refractivity contribution in [2.24, 2.45) is 0 Å². The molecule has 0 amide bonds. The third-order valence-electron chi connectivity index (χ3n) is 2.80. The van der Waals surface area contributed by atoms with Gasteiger partial charge in [-0.25, -0.2) is 0 Å². The van der Waals surface area contributed by atoms with Gasteiger partial charge in [-0.3, -0.25) is 4.79 Å². The molecule has 1 nitrogen and oxygen atoms in total. The average molecular weight is 182 g/mol. The van der Waals surface area contributed by atoms with Crippen LogP contribution in [0, 0.1) is 0 Å². The topological polar surface area (TPSA) is 17.1 Å². The zero-order valence-electron chi connectivity index (χ0n) is 8.48. The smallest absolute Gasteiger partial charge is 0.158 e. The van der Waals surface area contributed by atoms with Crippen LogP contribution in [0.25, 0.3) is 0 Å². The van der Waals surface area contributed by atoms with E-state index in [1.54, 1.807) is 0 Å². The molecular formula is C10H18OSi. The highest BCUT2D eigenvalue weighted by Crippen LogP contribution is 2.34. The molecule has 0 saturated heterocycles. The fraction of sp³-hybridized carbons (Fsp3) is 0.700. The van der Waals surface area contributed by atoms with Crippen LogP contribution in [0.2, 0.25) is 25.2 Å². The van der Waals surface area contributed by atoms with Crippen LogP contribution < -0.4 is 0 Å². The van der Waals surface area contributed by atoms with Gasteiger partial charge in [0.15, 0.2) is 5.78 Å². The number of carbonyl (C=O) groups is 1. The SMILES string of the molecule is CC1=CC[C@@H]([Si](C)(C)C)CC1=O. The molecule has 0 aliphatic heterocycles. The zero-order chi connectivity index (χ0) is 9.35. The molecule has 1 rings (SSSR count). The molecule has 1 aliphatic rings. The Morgan fingerprint density at radius 1 is 1.42 bits per heavy atom. The third kappa shape index (κ3) is 2.06. The van der Waals surface area contributed by atoms with Gasteiger partial charge in [0.25, 0.3) is 0 Å². The second-order valence-corrected chi connectivity index (χ2v) is 10.4. The standard InChI is InChI=1S/C10H18OSi/c1-8-5-6-9(7-10(8)11)12(2,3)4/h5,9H,6-7H2,1-4H3/t9-/m1/s1. The van der Waals surface area contributed by atoms with E-state index in [1.165, 1.54) is 0 Å². The molecule has 0 unspecified atom stereocenters. The Morgan fingerprint density at radius 3 is 2.42 bits per heavy atom. The van der Waals surface area contributed by atoms with Crippen LogP contribution in [0.15, 0.2) is 11.6 Å². The van der Waals surface area contributed by atoms with E-state index in [9.17, 15) is 4.79 Å². The van der Waals surface area contributed by atoms with Gasteiger partial charge in [0.2, 0.25) is 0 Å². The molecule has 0 N–H and O–H groups in total. The van der Waals surface area contributed by atoms with Crippen molar-refractivity contribution in [3.05, 3.63) is 11.6 Å². The van der Waals surface area contributed by atoms with Crippen molar-refractivity contribution in [3.8, 4) is 0 Å². The maximum atomic E-state index is 11.4. The number of rotatable bonds is 1. The van der Waals surface area contributed by atoms with Gasteiger partial charge in [-0.1, -0.05) is 25.7 Å². The first-order valence-corrected chi connectivity index (χ1v) is 8.19. The van der Waals surface area contributed by atoms with Crippen molar-refractivity contribution in [1.82, 2.24) is 0 Å². The minimum Gasteiger partial charge on any atom is -0.295 e. The molecule has 12 heavy (non-hydrogen) atoms. The molecular weight excluding hydrogens is 164 g/mol. The minimum absolute atomic E-state index is 0.369. The fourth-order valence-electron chi connectivity index (χ4n) is 1.56. The Kier molecular flexibility index (Phi) is 2.57. The van der Waals surface area contributed by atoms with Crippen LogP contribution in [-0.4, -0.2) is 13.9 Å². The highest BCUT2D eigenvalue weighted by Gasteiger charge is 2.30. The van der Waals surface area contributed by atoms with Crippen LogP contribution in [0.4, 0.5) is 0 Å². The quantitative estimate of drug-likeness (QED) is 0.570. The number of hydrogen-bond donors (Lipinski definition) is 0. The van der Waals surface area contributed by atoms with Crippen molar-refractivity contribution in [1.29, 1.82) is 0 Å². The van der Waals surface area contributed by atoms with E-state index in [0.29, 0.717) is 11.3 Å². The molecule has 1 aliphatic carbocycles. The molecule has 0 fully saturated rings. The largest absolute Gasteiger partial charge is 0.295 e. The maximum absolute atomic E-state index is 11.4. The van der Waals surface area contributed by atoms with E-state index in [-0.39, 0.29) is 0 Å². The summed E-state index contributed by atoms with van der Waals surface area (Å²) < 4.78 is 0. The van der Waals surface area contributed by atoms with Crippen LogP contribution in [-0.2, 0) is 4.79 Å². The van der Waals surface area contributed by atoms with Crippen molar-refractivity contribution in [3.63, 3.8) is 0 Å². The monoisotopic (exact) mass is 182 g/mol. The lowest BCUT2D eigenvalue weighted by atomic mass is 9.99. The van der Waals surface area contributed by atoms with E-state index >= 15 is 0 Å². The molecule has 0 aromatic carbocycles. The molecule has 0 aromatic rings. The Hall–Kier alpha value is -0.373. The van der Waals surface area contributed by atoms with Gasteiger partial charge in [-0.2, -0.15) is 0 Å². The van der Waals surface area contributed by atoms with Crippen LogP contribution in [0.3, 0.4) is 0 Å². The van der Waals surface area contributed by atoms with E-state index in [2.05, 4.69) is 25.7 Å². The summed E-state index contributed by atoms with van der Waals surface area (Å²) in [6, 6.07) is 0. The van der Waals surface area contributed by atoms with Gasteiger partial charge >= 0.3 is 0 Å². The number of ketones is 1. The maximum Gasteiger partial charge on any atom is 0.158 e. The number of Topliss-reactive ketones (excluding diaryl/α,β-unsaturated/α-hetero) is 1. The number of hydrogen-bond acceptors (Lipinski definition) is 1. The van der Waals surface area contributed by atoms with E-state index in [0.717, 1.165) is 18.4 Å². The van der Waals surface area contributed by atoms with Crippen molar-refractivity contribution in [2.45, 2.75) is 44.9 Å². The fourth-order valence-corrected chi connectivity index (χ4v) is 3.18. The summed E-state index contributed by atoms with van der Waals surface area (Å²) in [5, 5.41) is 0. The molecule has 0 bridgehead atoms. The second kappa shape index (κ2) is 3.17. The molecule has 0 radical (unpaired) electrons. The van der Waals surface area contributed by atoms with Crippen LogP contribution in [0.5, 0.6) is 0 Å². The second-order valence-electron chi connectivity index (χ2n) is 4.81. The lowest BCUT2D eigenvalue weighted by Crippen LogP contribution is -2.31. The summed E-state index contributed by atoms with van der Waals surface area (Å²) in [4.78, 5) is 11.4. The van der Waals surface area contributed by atoms with Gasteiger partial charge < -0.3 is 0 Å². The van der Waals surface area contributed by atoms with Gasteiger partial charge in [-0.15, -0.1) is 0 Å². The summed E-state index contributed by atoms with van der Waals surface area (Å²) >= 11 is 0. The first kappa shape index (κ1) is 9.71. The van der Waals surface area contributed by atoms with Gasteiger partial charge in [0, 0.05) is 14.5 Å². The molecule has 0 aromatic heterocycles. The van der Waals surface area contributed by atoms with E-state index in [4.69, 9.17) is 0 Å². The first-order valence-electron chi connectivity index (χ1n) is 4.61. The zero-order valence-corrected chi connectivity index (χ0v) is 9.48. The van der Waals surface area contributed by atoms with Crippen LogP contribution >= 0.6 is 0 Å². The Morgan fingerprint density at radius 2 is 2.00 bits per heavy atom. The van der Waals surface area contributed by atoms with Crippen molar-refractivity contribution < 1.29 is 4.79 Å². The highest BCUT2D eigenvalue weighted by molar-refractivity contribution is 6.77. The van der Waals surface area contributed by atoms with Crippen LogP contribution in [0.1, 0.15) is 19.8 Å². The van der Waals surface area contributed by atoms with E-state index < -0.39 is 8.07 Å². The molecule has 0 spiro atoms. The first-order chi connectivity index (χ1) is 5.41. The van der Waals surface area contributed by atoms with Gasteiger partial charge in [-0.05, 0) is 24.5 Å². The summed E-state index contributed by atoms with van der Waals surface area (Å²) in [7, 11) is -1.09. The van der Waals surface area contributed by atoms with E-state index in [1.807, 2.05) is 6.92 Å². The number of allylic oxidation sites excluding steroid dienone is 2. The third-order valence-corrected chi connectivity index (χ3v) is 5.69. The van der Waals surface area contributed by atoms with Crippen molar-refractivity contribution >= 4 is 13.9 Å². The minimum atomic E-state index is -1.09. The molecule has 2 heteroatoms. The predicted molar refractivity (Wildman–Crippen MR) is 55.1 cm³/mol. The van der Waals surface area contributed by atoms with Crippen molar-refractivity contribution in [2.75, 3.05) is 0 Å². The molecule has 68 valence electrons. The molecule has 1 atom stereocenters. The van der Waals surface area contributed by atoms with Gasteiger partial charge in [0.1, 0.15) is 0 Å². The average Bonchev–Trinajstić information content (AvgIpc) is 1.92. The predicted octanol–water partition coefficient (Wildman–Crippen LogP) is 3.00. The lowest BCUT2D eigenvalue weighted by molar-refractivity contribution is -0.115. The summed E-state index contributed by atoms with van der Waals surface area (Å²) in [6.45, 7) is 8.97. The normalized spacial score (nSPS) is 25.5. The summed E-state index contributed by atoms with van der Waals surface area (Å²) in [6.07, 6.45) is 4.06. The Bertz CT molecular complexity index is 222.